The summed E-state index contributed by atoms with van der Waals surface area (Å²) < 4.78 is 3.23. The van der Waals surface area contributed by atoms with Crippen LogP contribution in [0, 0.1) is 13.8 Å². The molecule has 1 heterocycles. The molecule has 1 aromatic carbocycles. The Hall–Kier alpha value is -1.13. The summed E-state index contributed by atoms with van der Waals surface area (Å²) in [5, 5.41) is 7.89. The number of aryl methyl sites for hydroxylation is 1. The lowest BCUT2D eigenvalue weighted by atomic mass is 10.1. The van der Waals surface area contributed by atoms with Gasteiger partial charge in [0, 0.05) is 10.2 Å². The van der Waals surface area contributed by atoms with Crippen LogP contribution in [0.25, 0.3) is 0 Å². The maximum absolute atomic E-state index is 4.69. The summed E-state index contributed by atoms with van der Waals surface area (Å²) in [6.07, 6.45) is 2.25. The average molecular weight is 336 g/mol. The summed E-state index contributed by atoms with van der Waals surface area (Å²) in [6, 6.07) is 8.41. The number of hydrogen-bond donors (Lipinski definition) is 1. The van der Waals surface area contributed by atoms with E-state index in [2.05, 4.69) is 58.0 Å². The number of benzene rings is 1. The second-order valence-corrected chi connectivity index (χ2v) is 6.06. The van der Waals surface area contributed by atoms with Crippen LogP contribution in [-0.4, -0.2) is 23.4 Å². The zero-order valence-electron chi connectivity index (χ0n) is 12.4. The highest BCUT2D eigenvalue weighted by Crippen LogP contribution is 2.18. The number of nitrogens with one attached hydrogen (secondary N) is 1. The van der Waals surface area contributed by atoms with Gasteiger partial charge in [-0.2, -0.15) is 5.10 Å². The largest absolute Gasteiger partial charge is 0.320 e. The SMILES string of the molecule is CNCCCc1c(C)nn(Cc2cccc(Br)c2)c1C. The lowest BCUT2D eigenvalue weighted by Gasteiger charge is -2.06. The van der Waals surface area contributed by atoms with E-state index in [0.717, 1.165) is 36.1 Å². The minimum Gasteiger partial charge on any atom is -0.320 e. The minimum atomic E-state index is 0.831. The first-order valence-electron chi connectivity index (χ1n) is 7.03. The fourth-order valence-corrected chi connectivity index (χ4v) is 2.95. The van der Waals surface area contributed by atoms with Crippen LogP contribution in [0.3, 0.4) is 0 Å². The monoisotopic (exact) mass is 335 g/mol. The maximum Gasteiger partial charge on any atom is 0.0663 e. The number of aromatic nitrogens is 2. The third-order valence-corrected chi connectivity index (χ3v) is 4.10. The molecule has 2 rings (SSSR count). The van der Waals surface area contributed by atoms with Gasteiger partial charge < -0.3 is 5.32 Å². The van der Waals surface area contributed by atoms with E-state index in [1.165, 1.54) is 16.8 Å². The Morgan fingerprint density at radius 2 is 2.10 bits per heavy atom. The molecule has 0 saturated heterocycles. The molecule has 0 aliphatic carbocycles. The van der Waals surface area contributed by atoms with Crippen LogP contribution < -0.4 is 5.32 Å². The normalized spacial score (nSPS) is 11.0. The Morgan fingerprint density at radius 1 is 1.30 bits per heavy atom. The predicted octanol–water partition coefficient (Wildman–Crippen LogP) is 3.46. The van der Waals surface area contributed by atoms with E-state index in [-0.39, 0.29) is 0 Å². The summed E-state index contributed by atoms with van der Waals surface area (Å²) in [5.41, 5.74) is 5.12. The van der Waals surface area contributed by atoms with Crippen molar-refractivity contribution in [2.75, 3.05) is 13.6 Å². The van der Waals surface area contributed by atoms with Gasteiger partial charge in [-0.1, -0.05) is 28.1 Å². The molecular formula is C16H22BrN3. The Balaban J connectivity index is 2.15. The molecule has 3 nitrogen and oxygen atoms in total. The number of hydrogen-bond acceptors (Lipinski definition) is 2. The third kappa shape index (κ3) is 3.70. The van der Waals surface area contributed by atoms with Gasteiger partial charge in [0.25, 0.3) is 0 Å². The van der Waals surface area contributed by atoms with Crippen molar-refractivity contribution in [3.8, 4) is 0 Å². The molecule has 0 aliphatic heterocycles. The highest BCUT2D eigenvalue weighted by atomic mass is 79.9. The molecule has 0 spiro atoms. The standard InChI is InChI=1S/C16H22BrN3/c1-12-16(8-5-9-18-3)13(2)20(19-12)11-14-6-4-7-15(17)10-14/h4,6-7,10,18H,5,8-9,11H2,1-3H3. The molecule has 0 fully saturated rings. The Morgan fingerprint density at radius 3 is 2.80 bits per heavy atom. The van der Waals surface area contributed by atoms with E-state index in [1.54, 1.807) is 0 Å². The van der Waals surface area contributed by atoms with E-state index in [1.807, 2.05) is 13.1 Å². The van der Waals surface area contributed by atoms with Crippen LogP contribution in [0.5, 0.6) is 0 Å². The highest BCUT2D eigenvalue weighted by molar-refractivity contribution is 9.10. The van der Waals surface area contributed by atoms with Gasteiger partial charge in [0.2, 0.25) is 0 Å². The third-order valence-electron chi connectivity index (χ3n) is 3.61. The van der Waals surface area contributed by atoms with Crippen molar-refractivity contribution in [3.05, 3.63) is 51.3 Å². The molecule has 1 aromatic heterocycles. The van der Waals surface area contributed by atoms with Crippen molar-refractivity contribution in [1.29, 1.82) is 0 Å². The zero-order chi connectivity index (χ0) is 14.5. The molecule has 1 N–H and O–H groups in total. The topological polar surface area (TPSA) is 29.9 Å². The van der Waals surface area contributed by atoms with Crippen LogP contribution in [0.2, 0.25) is 0 Å². The summed E-state index contributed by atoms with van der Waals surface area (Å²) in [4.78, 5) is 0. The second-order valence-electron chi connectivity index (χ2n) is 5.14. The molecule has 0 bridgehead atoms. The van der Waals surface area contributed by atoms with Gasteiger partial charge in [-0.15, -0.1) is 0 Å². The molecule has 0 aliphatic rings. The van der Waals surface area contributed by atoms with E-state index in [0.29, 0.717) is 0 Å². The average Bonchev–Trinajstić information content (AvgIpc) is 2.66. The molecule has 108 valence electrons. The molecule has 4 heteroatoms. The lowest BCUT2D eigenvalue weighted by Crippen LogP contribution is -2.09. The van der Waals surface area contributed by atoms with Crippen molar-refractivity contribution < 1.29 is 0 Å². The van der Waals surface area contributed by atoms with Gasteiger partial charge in [-0.25, -0.2) is 0 Å². The zero-order valence-corrected chi connectivity index (χ0v) is 14.0. The Labute approximate surface area is 129 Å². The predicted molar refractivity (Wildman–Crippen MR) is 87.2 cm³/mol. The fourth-order valence-electron chi connectivity index (χ4n) is 2.50. The van der Waals surface area contributed by atoms with Crippen LogP contribution in [0.15, 0.2) is 28.7 Å². The van der Waals surface area contributed by atoms with Gasteiger partial charge in [0.1, 0.15) is 0 Å². The van der Waals surface area contributed by atoms with Gasteiger partial charge >= 0.3 is 0 Å². The Bertz CT molecular complexity index is 575. The molecular weight excluding hydrogens is 314 g/mol. The smallest absolute Gasteiger partial charge is 0.0663 e. The molecule has 0 amide bonds. The first-order valence-corrected chi connectivity index (χ1v) is 7.83. The van der Waals surface area contributed by atoms with Crippen LogP contribution in [-0.2, 0) is 13.0 Å². The maximum atomic E-state index is 4.69. The molecule has 0 unspecified atom stereocenters. The van der Waals surface area contributed by atoms with E-state index in [4.69, 9.17) is 5.10 Å². The van der Waals surface area contributed by atoms with Gasteiger partial charge in [0.05, 0.1) is 12.2 Å². The van der Waals surface area contributed by atoms with Crippen molar-refractivity contribution >= 4 is 15.9 Å². The van der Waals surface area contributed by atoms with Crippen molar-refractivity contribution in [2.45, 2.75) is 33.2 Å². The minimum absolute atomic E-state index is 0.831. The van der Waals surface area contributed by atoms with Crippen LogP contribution in [0.1, 0.15) is 28.9 Å². The summed E-state index contributed by atoms with van der Waals surface area (Å²) in [5.74, 6) is 0. The molecule has 0 radical (unpaired) electrons. The number of halogens is 1. The molecule has 0 saturated carbocycles. The van der Waals surface area contributed by atoms with E-state index < -0.39 is 0 Å². The van der Waals surface area contributed by atoms with Crippen molar-refractivity contribution in [3.63, 3.8) is 0 Å². The molecule has 20 heavy (non-hydrogen) atoms. The molecule has 0 atom stereocenters. The van der Waals surface area contributed by atoms with Crippen molar-refractivity contribution in [1.82, 2.24) is 15.1 Å². The first kappa shape index (κ1) is 15.3. The second kappa shape index (κ2) is 7.04. The van der Waals surface area contributed by atoms with Gasteiger partial charge in [-0.3, -0.25) is 4.68 Å². The fraction of sp³-hybridized carbons (Fsp3) is 0.438. The number of nitrogens with zero attached hydrogens (tertiary/aromatic N) is 2. The van der Waals surface area contributed by atoms with Crippen LogP contribution in [0.4, 0.5) is 0 Å². The van der Waals surface area contributed by atoms with E-state index in [9.17, 15) is 0 Å². The molecule has 2 aromatic rings. The van der Waals surface area contributed by atoms with Crippen molar-refractivity contribution in [2.24, 2.45) is 0 Å². The lowest BCUT2D eigenvalue weighted by molar-refractivity contribution is 0.656. The van der Waals surface area contributed by atoms with Crippen LogP contribution >= 0.6 is 15.9 Å². The van der Waals surface area contributed by atoms with Gasteiger partial charge in [0.15, 0.2) is 0 Å². The van der Waals surface area contributed by atoms with Gasteiger partial charge in [-0.05, 0) is 63.5 Å². The Kier molecular flexibility index (Phi) is 5.38. The number of rotatable bonds is 6. The van der Waals surface area contributed by atoms with E-state index >= 15 is 0 Å². The summed E-state index contributed by atoms with van der Waals surface area (Å²) in [7, 11) is 2.00. The highest BCUT2D eigenvalue weighted by Gasteiger charge is 2.11. The summed E-state index contributed by atoms with van der Waals surface area (Å²) in [6.45, 7) is 6.17. The summed E-state index contributed by atoms with van der Waals surface area (Å²) >= 11 is 3.52. The quantitative estimate of drug-likeness (QED) is 0.819. The first-order chi connectivity index (χ1) is 9.61.